The number of cyclic esters (lactones) is 1. The minimum absolute atomic E-state index is 0.128. The second-order valence-electron chi connectivity index (χ2n) is 18.7. The lowest BCUT2D eigenvalue weighted by Gasteiger charge is -2.49. The molecule has 3 heterocycles. The van der Waals surface area contributed by atoms with E-state index in [0.29, 0.717) is 23.7 Å². The minimum Gasteiger partial charge on any atom is -0.482 e. The molecule has 1 aromatic rings. The molecule has 1 aromatic carbocycles. The van der Waals surface area contributed by atoms with Crippen LogP contribution in [0.15, 0.2) is 24.3 Å². The van der Waals surface area contributed by atoms with Gasteiger partial charge in [0.15, 0.2) is 18.7 Å². The van der Waals surface area contributed by atoms with E-state index in [9.17, 15) is 25.2 Å². The zero-order chi connectivity index (χ0) is 44.4. The van der Waals surface area contributed by atoms with Gasteiger partial charge < -0.3 is 63.4 Å². The molecule has 0 amide bonds. The molecule has 3 aliphatic heterocycles. The fourth-order valence-electron chi connectivity index (χ4n) is 9.53. The Bertz CT molecular complexity index is 1500. The van der Waals surface area contributed by atoms with Crippen LogP contribution >= 0.6 is 11.6 Å². The Morgan fingerprint density at radius 2 is 1.59 bits per heavy atom. The molecule has 3 fully saturated rings. The van der Waals surface area contributed by atoms with Crippen molar-refractivity contribution in [2.24, 2.45) is 17.8 Å². The highest BCUT2D eigenvalue weighted by Gasteiger charge is 2.53. The highest BCUT2D eigenvalue weighted by molar-refractivity contribution is 6.32. The molecule has 15 heteroatoms. The summed E-state index contributed by atoms with van der Waals surface area (Å²) in [5.41, 5.74) is -4.42. The maximum absolute atomic E-state index is 14.4. The molecular weight excluding hydrogens is 784 g/mol. The molecule has 0 radical (unpaired) electrons. The Morgan fingerprint density at radius 3 is 2.19 bits per heavy atom. The number of aliphatic hydroxyl groups is 4. The van der Waals surface area contributed by atoms with E-state index in [4.69, 9.17) is 44.8 Å². The number of hydrogen-bond acceptors (Lipinski definition) is 14. The van der Waals surface area contributed by atoms with Gasteiger partial charge in [0.25, 0.3) is 0 Å². The van der Waals surface area contributed by atoms with Crippen LogP contribution in [0.5, 0.6) is 5.75 Å². The lowest BCUT2D eigenvalue weighted by atomic mass is 9.77. The summed E-state index contributed by atoms with van der Waals surface area (Å²) in [5, 5.41) is 47.8. The maximum atomic E-state index is 14.4. The molecular formula is C44H75ClN2O12. The van der Waals surface area contributed by atoms with Gasteiger partial charge in [-0.05, 0) is 107 Å². The zero-order valence-electron chi connectivity index (χ0n) is 37.8. The molecule has 340 valence electrons. The van der Waals surface area contributed by atoms with Gasteiger partial charge in [0, 0.05) is 32.0 Å². The van der Waals surface area contributed by atoms with E-state index in [1.807, 2.05) is 65.9 Å². The van der Waals surface area contributed by atoms with Crippen LogP contribution in [0.4, 0.5) is 0 Å². The second kappa shape index (κ2) is 20.2. The number of methoxy groups -OCH3 is 1. The first-order chi connectivity index (χ1) is 27.4. The van der Waals surface area contributed by atoms with Crippen molar-refractivity contribution in [1.29, 1.82) is 0 Å². The number of aliphatic hydroxyl groups excluding tert-OH is 2. The molecule has 10 unspecified atom stereocenters. The Kier molecular flexibility index (Phi) is 17.1. The van der Waals surface area contributed by atoms with Crippen molar-refractivity contribution in [1.82, 2.24) is 9.80 Å². The SMILES string of the molecule is CCC1OC(=O)C(C)C(O[C@H]2C[C@@](C)(OC)[C@@H](O)[C@H](C)O2)C(C)C(O[C@@H]2O[C@H](C)C[C@H](N(C)C)[C@H]2Oc2ccccc2Cl)C(C)(O)CC(C)CN(C)C(C)C(O)C1(C)O. The van der Waals surface area contributed by atoms with Crippen molar-refractivity contribution in [3.05, 3.63) is 29.3 Å². The number of benzene rings is 1. The molecule has 0 spiro atoms. The summed E-state index contributed by atoms with van der Waals surface area (Å²) >= 11 is 6.63. The van der Waals surface area contributed by atoms with Gasteiger partial charge in [0.1, 0.15) is 29.7 Å². The second-order valence-corrected chi connectivity index (χ2v) is 19.1. The summed E-state index contributed by atoms with van der Waals surface area (Å²) in [6.45, 7) is 18.3. The number of carbonyl (C=O) groups excluding carboxylic acids is 1. The molecule has 0 aliphatic carbocycles. The summed E-state index contributed by atoms with van der Waals surface area (Å²) < 4.78 is 45.3. The number of halogens is 1. The van der Waals surface area contributed by atoms with Crippen LogP contribution in [0, 0.1) is 17.8 Å². The Hall–Kier alpha value is -1.66. The quantitative estimate of drug-likeness (QED) is 0.254. The highest BCUT2D eigenvalue weighted by atomic mass is 35.5. The van der Waals surface area contributed by atoms with Crippen LogP contribution < -0.4 is 4.74 Å². The molecule has 18 atom stereocenters. The fraction of sp³-hybridized carbons (Fsp3) is 0.841. The molecule has 3 aliphatic rings. The van der Waals surface area contributed by atoms with E-state index in [-0.39, 0.29) is 37.3 Å². The standard InChI is InChI=1S/C44H75ClN2O12/c1-15-33-44(10,52)37(48)28(6)47(13)23-24(2)21-42(8,51)39(59-41-36(31(46(11)12)20-25(3)54-41)56-32-19-17-16-18-30(32)45)26(4)35(27(5)40(50)57-33)58-34-22-43(9,53-14)38(49)29(7)55-34/h16-19,24-29,31,33-39,41,48-49,51-52H,15,20-23H2,1-14H3/t24?,25-,26?,27?,28?,29+,31+,33?,34+,35?,36-,37?,38+,39?,41+,42?,43-,44?/m1/s1. The zero-order valence-corrected chi connectivity index (χ0v) is 38.6. The third kappa shape index (κ3) is 11.5. The van der Waals surface area contributed by atoms with Crippen LogP contribution in [0.25, 0.3) is 0 Å². The number of esters is 1. The average molecular weight is 860 g/mol. The van der Waals surface area contributed by atoms with E-state index in [1.165, 1.54) is 14.0 Å². The molecule has 4 N–H and O–H groups in total. The summed E-state index contributed by atoms with van der Waals surface area (Å²) in [7, 11) is 7.31. The molecule has 59 heavy (non-hydrogen) atoms. The summed E-state index contributed by atoms with van der Waals surface area (Å²) in [6, 6.07) is 6.47. The van der Waals surface area contributed by atoms with Crippen molar-refractivity contribution < 1.29 is 58.4 Å². The van der Waals surface area contributed by atoms with Gasteiger partial charge in [-0.15, -0.1) is 0 Å². The molecule has 0 bridgehead atoms. The largest absolute Gasteiger partial charge is 0.482 e. The summed E-state index contributed by atoms with van der Waals surface area (Å²) in [4.78, 5) is 18.4. The molecule has 3 saturated heterocycles. The number of rotatable bonds is 9. The van der Waals surface area contributed by atoms with Gasteiger partial charge in [0.05, 0.1) is 52.6 Å². The van der Waals surface area contributed by atoms with Gasteiger partial charge in [0.2, 0.25) is 0 Å². The van der Waals surface area contributed by atoms with Crippen molar-refractivity contribution >= 4 is 17.6 Å². The van der Waals surface area contributed by atoms with Crippen molar-refractivity contribution in [2.45, 2.75) is 185 Å². The maximum Gasteiger partial charge on any atom is 0.311 e. The predicted octanol–water partition coefficient (Wildman–Crippen LogP) is 4.64. The van der Waals surface area contributed by atoms with E-state index >= 15 is 0 Å². The Morgan fingerprint density at radius 1 is 0.949 bits per heavy atom. The monoisotopic (exact) mass is 859 g/mol. The highest BCUT2D eigenvalue weighted by Crippen LogP contribution is 2.41. The van der Waals surface area contributed by atoms with Gasteiger partial charge in [-0.1, -0.05) is 44.5 Å². The molecule has 4 rings (SSSR count). The average Bonchev–Trinajstić information content (AvgIpc) is 3.16. The van der Waals surface area contributed by atoms with Crippen LogP contribution in [-0.2, 0) is 33.2 Å². The molecule has 0 aromatic heterocycles. The number of carbonyl (C=O) groups is 1. The number of ether oxygens (including phenoxy) is 7. The lowest BCUT2D eigenvalue weighted by Crippen LogP contribution is -2.61. The van der Waals surface area contributed by atoms with E-state index in [1.54, 1.807) is 46.8 Å². The van der Waals surface area contributed by atoms with E-state index < -0.39 is 96.0 Å². The number of hydrogen-bond donors (Lipinski definition) is 4. The van der Waals surface area contributed by atoms with E-state index in [2.05, 4.69) is 4.90 Å². The van der Waals surface area contributed by atoms with Gasteiger partial charge in [-0.25, -0.2) is 0 Å². The number of para-hydroxylation sites is 1. The lowest BCUT2D eigenvalue weighted by molar-refractivity contribution is -0.316. The van der Waals surface area contributed by atoms with Gasteiger partial charge in [-0.2, -0.15) is 0 Å². The first-order valence-corrected chi connectivity index (χ1v) is 21.7. The predicted molar refractivity (Wildman–Crippen MR) is 224 cm³/mol. The Balaban J connectivity index is 1.88. The van der Waals surface area contributed by atoms with Gasteiger partial charge in [-0.3, -0.25) is 4.79 Å². The third-order valence-corrected chi connectivity index (χ3v) is 13.6. The first kappa shape index (κ1) is 50.0. The topological polar surface area (TPSA) is 169 Å². The summed E-state index contributed by atoms with van der Waals surface area (Å²) in [5.74, 6) is -2.16. The van der Waals surface area contributed by atoms with Crippen molar-refractivity contribution in [2.75, 3.05) is 34.8 Å². The smallest absolute Gasteiger partial charge is 0.311 e. The first-order valence-electron chi connectivity index (χ1n) is 21.3. The molecule has 0 saturated carbocycles. The molecule has 14 nitrogen and oxygen atoms in total. The normalized spacial score (nSPS) is 45.0. The number of likely N-dealkylation sites (N-methyl/N-ethyl adjacent to an activating group) is 2. The summed E-state index contributed by atoms with van der Waals surface area (Å²) in [6.07, 6.45) is -7.79. The fourth-order valence-corrected chi connectivity index (χ4v) is 9.71. The minimum atomic E-state index is -1.81. The third-order valence-electron chi connectivity index (χ3n) is 13.3. The van der Waals surface area contributed by atoms with Crippen molar-refractivity contribution in [3.8, 4) is 5.75 Å². The van der Waals surface area contributed by atoms with Gasteiger partial charge >= 0.3 is 5.97 Å². The Labute approximate surface area is 357 Å². The van der Waals surface area contributed by atoms with Crippen LogP contribution in [0.3, 0.4) is 0 Å². The van der Waals surface area contributed by atoms with Crippen LogP contribution in [0.2, 0.25) is 5.02 Å². The van der Waals surface area contributed by atoms with Crippen LogP contribution in [-0.4, -0.2) is 161 Å². The van der Waals surface area contributed by atoms with Crippen molar-refractivity contribution in [3.63, 3.8) is 0 Å². The van der Waals surface area contributed by atoms with E-state index in [0.717, 1.165) is 0 Å². The van der Waals surface area contributed by atoms with Crippen LogP contribution in [0.1, 0.15) is 94.9 Å². The number of nitrogens with zero attached hydrogens (tertiary/aromatic N) is 2.